The topological polar surface area (TPSA) is 39.4 Å². The molecule has 0 fully saturated rings. The van der Waals surface area contributed by atoms with Gasteiger partial charge in [-0.2, -0.15) is 0 Å². The van der Waals surface area contributed by atoms with Gasteiger partial charge in [0.2, 0.25) is 0 Å². The van der Waals surface area contributed by atoms with Crippen LogP contribution in [0.1, 0.15) is 42.5 Å². The second kappa shape index (κ2) is 6.20. The molecule has 0 saturated heterocycles. The molecule has 0 radical (unpaired) electrons. The zero-order valence-electron chi connectivity index (χ0n) is 14.8. The van der Waals surface area contributed by atoms with Gasteiger partial charge in [0.15, 0.2) is 5.65 Å². The molecular weight excluding hydrogens is 310 g/mol. The first-order valence-corrected chi connectivity index (χ1v) is 8.73. The predicted molar refractivity (Wildman–Crippen MR) is 100 cm³/mol. The van der Waals surface area contributed by atoms with E-state index in [2.05, 4.69) is 55.3 Å². The average Bonchev–Trinajstić information content (AvgIpc) is 3.09. The molecule has 0 bridgehead atoms. The summed E-state index contributed by atoms with van der Waals surface area (Å²) in [7, 11) is 0. The number of benzene rings is 1. The maximum atomic E-state index is 6.36. The Bertz CT molecular complexity index is 1010. The van der Waals surface area contributed by atoms with Crippen LogP contribution in [0.3, 0.4) is 0 Å². The molecule has 0 spiro atoms. The van der Waals surface area contributed by atoms with Crippen LogP contribution in [0.4, 0.5) is 0 Å². The fourth-order valence-corrected chi connectivity index (χ4v) is 3.31. The molecule has 4 nitrogen and oxygen atoms in total. The largest absolute Gasteiger partial charge is 0.456 e. The summed E-state index contributed by atoms with van der Waals surface area (Å²) in [6, 6.07) is 8.42. The fourth-order valence-electron chi connectivity index (χ4n) is 3.31. The maximum Gasteiger partial charge on any atom is 0.160 e. The number of ether oxygens (including phenoxy) is 1. The Morgan fingerprint density at radius 2 is 2.08 bits per heavy atom. The SMILES string of the molecule is CC/C=C1/C=C(c2ccc3nncn3c2)Oc2c(CC)cc(C)cc21. The molecule has 1 aliphatic heterocycles. The van der Waals surface area contributed by atoms with E-state index in [9.17, 15) is 0 Å². The Morgan fingerprint density at radius 1 is 1.20 bits per heavy atom. The third kappa shape index (κ3) is 2.74. The van der Waals surface area contributed by atoms with E-state index >= 15 is 0 Å². The van der Waals surface area contributed by atoms with Crippen molar-refractivity contribution < 1.29 is 4.74 Å². The number of allylic oxidation sites excluding steroid dienone is 3. The number of nitrogens with zero attached hydrogens (tertiary/aromatic N) is 3. The fraction of sp³-hybridized carbons (Fsp3) is 0.238. The monoisotopic (exact) mass is 331 g/mol. The summed E-state index contributed by atoms with van der Waals surface area (Å²) in [4.78, 5) is 0. The Labute approximate surface area is 147 Å². The average molecular weight is 331 g/mol. The quantitative estimate of drug-likeness (QED) is 0.690. The molecule has 3 aromatic rings. The highest BCUT2D eigenvalue weighted by Crippen LogP contribution is 2.40. The molecule has 2 aromatic heterocycles. The third-order valence-corrected chi connectivity index (χ3v) is 4.50. The zero-order valence-corrected chi connectivity index (χ0v) is 14.8. The van der Waals surface area contributed by atoms with Crippen molar-refractivity contribution in [1.29, 1.82) is 0 Å². The zero-order chi connectivity index (χ0) is 17.4. The second-order valence-corrected chi connectivity index (χ2v) is 6.35. The summed E-state index contributed by atoms with van der Waals surface area (Å²) >= 11 is 0. The number of hydrogen-bond donors (Lipinski definition) is 0. The lowest BCUT2D eigenvalue weighted by molar-refractivity contribution is 0.502. The van der Waals surface area contributed by atoms with E-state index in [0.29, 0.717) is 0 Å². The molecule has 1 aliphatic rings. The van der Waals surface area contributed by atoms with Crippen LogP contribution < -0.4 is 4.74 Å². The Balaban J connectivity index is 1.87. The van der Waals surface area contributed by atoms with Gasteiger partial charge in [-0.05, 0) is 60.7 Å². The van der Waals surface area contributed by atoms with E-state index in [0.717, 1.165) is 35.6 Å². The van der Waals surface area contributed by atoms with Crippen molar-refractivity contribution in [2.24, 2.45) is 0 Å². The van der Waals surface area contributed by atoms with Gasteiger partial charge in [-0.3, -0.25) is 4.40 Å². The predicted octanol–water partition coefficient (Wildman–Crippen LogP) is 4.83. The van der Waals surface area contributed by atoms with Crippen molar-refractivity contribution in [3.63, 3.8) is 0 Å². The van der Waals surface area contributed by atoms with Crippen LogP contribution in [-0.2, 0) is 6.42 Å². The summed E-state index contributed by atoms with van der Waals surface area (Å²) in [5, 5.41) is 8.01. The van der Waals surface area contributed by atoms with Crippen LogP contribution in [0.5, 0.6) is 5.75 Å². The molecular formula is C21H21N3O. The summed E-state index contributed by atoms with van der Waals surface area (Å²) in [6.07, 6.45) is 10.0. The molecule has 4 rings (SSSR count). The Morgan fingerprint density at radius 3 is 2.88 bits per heavy atom. The van der Waals surface area contributed by atoms with Gasteiger partial charge in [-0.1, -0.05) is 26.0 Å². The standard InChI is InChI=1S/C21H21N3O/c1-4-6-16-11-19(17-7-8-20-23-22-13-24(20)12-17)25-21-15(5-2)9-14(3)10-18(16)21/h6-13H,4-5H2,1-3H3/b16-6-. The molecule has 126 valence electrons. The Hall–Kier alpha value is -2.88. The van der Waals surface area contributed by atoms with Crippen LogP contribution in [-0.4, -0.2) is 14.6 Å². The van der Waals surface area contributed by atoms with Crippen LogP contribution in [0.25, 0.3) is 17.0 Å². The van der Waals surface area contributed by atoms with Gasteiger partial charge < -0.3 is 4.74 Å². The Kier molecular flexibility index (Phi) is 3.88. The van der Waals surface area contributed by atoms with Crippen molar-refractivity contribution in [1.82, 2.24) is 14.6 Å². The first-order valence-electron chi connectivity index (χ1n) is 8.73. The van der Waals surface area contributed by atoms with E-state index < -0.39 is 0 Å². The minimum atomic E-state index is 0.828. The first kappa shape index (κ1) is 15.6. The first-order chi connectivity index (χ1) is 12.2. The highest BCUT2D eigenvalue weighted by Gasteiger charge is 2.21. The van der Waals surface area contributed by atoms with Gasteiger partial charge in [0.1, 0.15) is 17.8 Å². The molecule has 25 heavy (non-hydrogen) atoms. The minimum Gasteiger partial charge on any atom is -0.456 e. The molecule has 0 unspecified atom stereocenters. The van der Waals surface area contributed by atoms with Gasteiger partial charge >= 0.3 is 0 Å². The number of hydrogen-bond acceptors (Lipinski definition) is 3. The van der Waals surface area contributed by atoms with E-state index in [-0.39, 0.29) is 0 Å². The number of aromatic nitrogens is 3. The second-order valence-electron chi connectivity index (χ2n) is 6.35. The molecule has 1 aromatic carbocycles. The molecule has 3 heterocycles. The van der Waals surface area contributed by atoms with Gasteiger partial charge in [0.25, 0.3) is 0 Å². The van der Waals surface area contributed by atoms with Crippen LogP contribution in [0.2, 0.25) is 0 Å². The van der Waals surface area contributed by atoms with Gasteiger partial charge in [-0.15, -0.1) is 10.2 Å². The lowest BCUT2D eigenvalue weighted by Crippen LogP contribution is -2.07. The lowest BCUT2D eigenvalue weighted by Gasteiger charge is -2.24. The van der Waals surface area contributed by atoms with E-state index in [4.69, 9.17) is 4.74 Å². The summed E-state index contributed by atoms with van der Waals surface area (Å²) in [5.74, 6) is 1.84. The van der Waals surface area contributed by atoms with E-state index in [1.54, 1.807) is 6.33 Å². The molecule has 0 saturated carbocycles. The normalized spacial score (nSPS) is 15.2. The number of aryl methyl sites for hydroxylation is 2. The smallest absolute Gasteiger partial charge is 0.160 e. The highest BCUT2D eigenvalue weighted by molar-refractivity contribution is 5.89. The van der Waals surface area contributed by atoms with E-state index in [1.807, 2.05) is 22.7 Å². The molecule has 0 amide bonds. The van der Waals surface area contributed by atoms with Crippen LogP contribution in [0, 0.1) is 6.92 Å². The molecule has 0 atom stereocenters. The van der Waals surface area contributed by atoms with Crippen LogP contribution >= 0.6 is 0 Å². The molecule has 0 N–H and O–H groups in total. The molecule has 0 aliphatic carbocycles. The number of rotatable bonds is 3. The molecule has 4 heteroatoms. The van der Waals surface area contributed by atoms with Crippen molar-refractivity contribution in [3.05, 3.63) is 71.2 Å². The van der Waals surface area contributed by atoms with Gasteiger partial charge in [0, 0.05) is 17.3 Å². The summed E-state index contributed by atoms with van der Waals surface area (Å²) in [5.41, 5.74) is 6.77. The van der Waals surface area contributed by atoms with Crippen molar-refractivity contribution in [2.75, 3.05) is 0 Å². The highest BCUT2D eigenvalue weighted by atomic mass is 16.5. The lowest BCUT2D eigenvalue weighted by atomic mass is 9.93. The third-order valence-electron chi connectivity index (χ3n) is 4.50. The summed E-state index contributed by atoms with van der Waals surface area (Å²) < 4.78 is 8.27. The maximum absolute atomic E-state index is 6.36. The number of pyridine rings is 1. The minimum absolute atomic E-state index is 0.828. The van der Waals surface area contributed by atoms with Crippen LogP contribution in [0.15, 0.2) is 48.9 Å². The van der Waals surface area contributed by atoms with Crippen molar-refractivity contribution in [2.45, 2.75) is 33.6 Å². The van der Waals surface area contributed by atoms with Gasteiger partial charge in [-0.25, -0.2) is 0 Å². The van der Waals surface area contributed by atoms with Crippen molar-refractivity contribution >= 4 is 17.0 Å². The summed E-state index contributed by atoms with van der Waals surface area (Å²) in [6.45, 7) is 6.47. The van der Waals surface area contributed by atoms with Crippen molar-refractivity contribution in [3.8, 4) is 5.75 Å². The van der Waals surface area contributed by atoms with Gasteiger partial charge in [0.05, 0.1) is 0 Å². The van der Waals surface area contributed by atoms with E-state index in [1.165, 1.54) is 22.3 Å². The number of fused-ring (bicyclic) bond motifs is 2.